The van der Waals surface area contributed by atoms with Crippen LogP contribution in [0.25, 0.3) is 0 Å². The quantitative estimate of drug-likeness (QED) is 0.797. The molecule has 116 valence electrons. The molecule has 1 unspecified atom stereocenters. The number of carbonyl (C=O) groups excluding carboxylic acids is 2. The average Bonchev–Trinajstić information content (AvgIpc) is 2.36. The number of esters is 1. The third-order valence-electron chi connectivity index (χ3n) is 3.30. The van der Waals surface area contributed by atoms with Crippen LogP contribution < -0.4 is 0 Å². The first-order chi connectivity index (χ1) is 9.23. The molecule has 0 saturated carbocycles. The van der Waals surface area contributed by atoms with E-state index < -0.39 is 17.7 Å². The topological polar surface area (TPSA) is 76.1 Å². The second-order valence-electron chi connectivity index (χ2n) is 6.19. The minimum atomic E-state index is -1.07. The van der Waals surface area contributed by atoms with Crippen LogP contribution in [-0.2, 0) is 14.3 Å². The van der Waals surface area contributed by atoms with Crippen LogP contribution in [0.5, 0.6) is 0 Å². The Morgan fingerprint density at radius 1 is 1.30 bits per heavy atom. The predicted molar refractivity (Wildman–Crippen MR) is 73.2 cm³/mol. The molecular weight excluding hydrogens is 262 g/mol. The molecule has 0 aromatic carbocycles. The summed E-state index contributed by atoms with van der Waals surface area (Å²) in [6.45, 7) is 6.69. The van der Waals surface area contributed by atoms with E-state index in [0.717, 1.165) is 12.8 Å². The molecule has 1 aliphatic rings. The number of amides is 1. The first-order valence-corrected chi connectivity index (χ1v) is 6.96. The summed E-state index contributed by atoms with van der Waals surface area (Å²) >= 11 is 0. The Kier molecular flexibility index (Phi) is 5.80. The van der Waals surface area contributed by atoms with E-state index in [9.17, 15) is 14.7 Å². The molecule has 20 heavy (non-hydrogen) atoms. The van der Waals surface area contributed by atoms with Crippen molar-refractivity contribution in [1.82, 2.24) is 4.90 Å². The number of methoxy groups -OCH3 is 1. The van der Waals surface area contributed by atoms with Crippen molar-refractivity contribution in [3.05, 3.63) is 0 Å². The second-order valence-corrected chi connectivity index (χ2v) is 6.19. The van der Waals surface area contributed by atoms with Gasteiger partial charge in [0.25, 0.3) is 0 Å². The Morgan fingerprint density at radius 2 is 1.85 bits per heavy atom. The van der Waals surface area contributed by atoms with Crippen molar-refractivity contribution in [1.29, 1.82) is 0 Å². The number of aliphatic hydroxyl groups is 1. The van der Waals surface area contributed by atoms with Gasteiger partial charge in [0.2, 0.25) is 0 Å². The second kappa shape index (κ2) is 6.92. The fraction of sp³-hybridized carbons (Fsp3) is 0.857. The molecule has 6 heteroatoms. The number of carbonyl (C=O) groups is 2. The summed E-state index contributed by atoms with van der Waals surface area (Å²) in [6, 6.07) is 0. The summed E-state index contributed by atoms with van der Waals surface area (Å²) < 4.78 is 9.81. The van der Waals surface area contributed by atoms with Crippen molar-refractivity contribution in [2.45, 2.75) is 51.7 Å². The molecule has 0 aromatic rings. The Bertz CT molecular complexity index is 342. The third-order valence-corrected chi connectivity index (χ3v) is 3.30. The van der Waals surface area contributed by atoms with Gasteiger partial charge in [0, 0.05) is 13.1 Å². The lowest BCUT2D eigenvalue weighted by Gasteiger charge is -2.33. The largest absolute Gasteiger partial charge is 0.467 e. The number of piperidine rings is 1. The van der Waals surface area contributed by atoms with Gasteiger partial charge in [0.15, 0.2) is 6.10 Å². The van der Waals surface area contributed by atoms with Crippen LogP contribution in [0.2, 0.25) is 0 Å². The zero-order valence-electron chi connectivity index (χ0n) is 12.7. The summed E-state index contributed by atoms with van der Waals surface area (Å²) in [5, 5.41) is 9.62. The van der Waals surface area contributed by atoms with E-state index in [2.05, 4.69) is 4.74 Å². The number of hydrogen-bond donors (Lipinski definition) is 1. The van der Waals surface area contributed by atoms with Crippen LogP contribution in [0, 0.1) is 5.92 Å². The molecule has 0 bridgehead atoms. The molecule has 1 saturated heterocycles. The van der Waals surface area contributed by atoms with Crippen LogP contribution in [0.3, 0.4) is 0 Å². The van der Waals surface area contributed by atoms with E-state index in [-0.39, 0.29) is 12.0 Å². The molecule has 0 spiro atoms. The Labute approximate surface area is 120 Å². The van der Waals surface area contributed by atoms with Gasteiger partial charge in [-0.2, -0.15) is 0 Å². The minimum absolute atomic E-state index is 0.225. The monoisotopic (exact) mass is 287 g/mol. The fourth-order valence-electron chi connectivity index (χ4n) is 2.23. The van der Waals surface area contributed by atoms with E-state index in [1.807, 2.05) is 20.8 Å². The van der Waals surface area contributed by atoms with E-state index in [0.29, 0.717) is 19.5 Å². The lowest BCUT2D eigenvalue weighted by atomic mass is 9.91. The molecule has 6 nitrogen and oxygen atoms in total. The van der Waals surface area contributed by atoms with Crippen LogP contribution >= 0.6 is 0 Å². The maximum Gasteiger partial charge on any atom is 0.410 e. The summed E-state index contributed by atoms with van der Waals surface area (Å²) in [5.41, 5.74) is -0.491. The number of hydrogen-bond acceptors (Lipinski definition) is 5. The summed E-state index contributed by atoms with van der Waals surface area (Å²) in [5.74, 6) is -0.373. The molecule has 1 heterocycles. The highest BCUT2D eigenvalue weighted by atomic mass is 16.6. The summed E-state index contributed by atoms with van der Waals surface area (Å²) in [6.07, 6.45) is 0.526. The van der Waals surface area contributed by atoms with Crippen molar-refractivity contribution in [2.75, 3.05) is 20.2 Å². The first-order valence-electron chi connectivity index (χ1n) is 6.96. The molecule has 1 fully saturated rings. The summed E-state index contributed by atoms with van der Waals surface area (Å²) in [7, 11) is 1.26. The number of nitrogens with zero attached hydrogens (tertiary/aromatic N) is 1. The van der Waals surface area contributed by atoms with Crippen LogP contribution in [0.1, 0.15) is 40.0 Å². The van der Waals surface area contributed by atoms with Crippen molar-refractivity contribution in [3.8, 4) is 0 Å². The van der Waals surface area contributed by atoms with E-state index in [4.69, 9.17) is 4.74 Å². The van der Waals surface area contributed by atoms with Gasteiger partial charge in [-0.25, -0.2) is 9.59 Å². The number of aliphatic hydroxyl groups excluding tert-OH is 1. The lowest BCUT2D eigenvalue weighted by molar-refractivity contribution is -0.151. The molecule has 0 radical (unpaired) electrons. The fourth-order valence-corrected chi connectivity index (χ4v) is 2.23. The zero-order chi connectivity index (χ0) is 15.3. The van der Waals surface area contributed by atoms with Crippen LogP contribution in [0.15, 0.2) is 0 Å². The zero-order valence-corrected chi connectivity index (χ0v) is 12.7. The van der Waals surface area contributed by atoms with Gasteiger partial charge in [0.1, 0.15) is 5.60 Å². The van der Waals surface area contributed by atoms with E-state index >= 15 is 0 Å². The molecule has 1 atom stereocenters. The molecule has 0 aliphatic carbocycles. The first kappa shape index (κ1) is 16.8. The van der Waals surface area contributed by atoms with Gasteiger partial charge in [-0.05, 0) is 46.0 Å². The van der Waals surface area contributed by atoms with Gasteiger partial charge < -0.3 is 19.5 Å². The Hall–Kier alpha value is -1.30. The Balaban J connectivity index is 2.36. The van der Waals surface area contributed by atoms with Gasteiger partial charge in [0.05, 0.1) is 7.11 Å². The lowest BCUT2D eigenvalue weighted by Crippen LogP contribution is -2.42. The molecule has 1 N–H and O–H groups in total. The van der Waals surface area contributed by atoms with Crippen molar-refractivity contribution in [2.24, 2.45) is 5.92 Å². The highest BCUT2D eigenvalue weighted by Gasteiger charge is 2.29. The molecule has 1 amide bonds. The highest BCUT2D eigenvalue weighted by molar-refractivity contribution is 5.74. The molecule has 1 rings (SSSR count). The predicted octanol–water partition coefficient (Wildman–Crippen LogP) is 1.56. The molecular formula is C14H25NO5. The van der Waals surface area contributed by atoms with Crippen molar-refractivity contribution >= 4 is 12.1 Å². The van der Waals surface area contributed by atoms with Crippen molar-refractivity contribution < 1.29 is 24.2 Å². The smallest absolute Gasteiger partial charge is 0.410 e. The minimum Gasteiger partial charge on any atom is -0.467 e. The number of rotatable bonds is 3. The number of likely N-dealkylation sites (tertiary alicyclic amines) is 1. The Morgan fingerprint density at radius 3 is 2.30 bits per heavy atom. The summed E-state index contributed by atoms with van der Waals surface area (Å²) in [4.78, 5) is 24.7. The van der Waals surface area contributed by atoms with Gasteiger partial charge in [-0.1, -0.05) is 0 Å². The van der Waals surface area contributed by atoms with E-state index in [1.165, 1.54) is 7.11 Å². The highest BCUT2D eigenvalue weighted by Crippen LogP contribution is 2.23. The number of ether oxygens (including phenoxy) is 2. The normalized spacial score (nSPS) is 18.6. The van der Waals surface area contributed by atoms with E-state index in [1.54, 1.807) is 4.90 Å². The van der Waals surface area contributed by atoms with Gasteiger partial charge in [-0.15, -0.1) is 0 Å². The van der Waals surface area contributed by atoms with Gasteiger partial charge >= 0.3 is 12.1 Å². The average molecular weight is 287 g/mol. The van der Waals surface area contributed by atoms with Crippen molar-refractivity contribution in [3.63, 3.8) is 0 Å². The maximum atomic E-state index is 11.9. The van der Waals surface area contributed by atoms with Crippen LogP contribution in [-0.4, -0.2) is 54.0 Å². The third kappa shape index (κ3) is 5.36. The maximum absolute atomic E-state index is 11.9. The van der Waals surface area contributed by atoms with Crippen LogP contribution in [0.4, 0.5) is 4.79 Å². The SMILES string of the molecule is COC(=O)C(O)CC1CCN(C(=O)OC(C)(C)C)CC1. The molecule has 1 aliphatic heterocycles. The van der Waals surface area contributed by atoms with Gasteiger partial charge in [-0.3, -0.25) is 0 Å². The molecule has 0 aromatic heterocycles. The standard InChI is InChI=1S/C14H25NO5/c1-14(2,3)20-13(18)15-7-5-10(6-8-15)9-11(16)12(17)19-4/h10-11,16H,5-9H2,1-4H3.